The Labute approximate surface area is 184 Å². The second-order valence-electron chi connectivity index (χ2n) is 7.46. The average Bonchev–Trinajstić information content (AvgIpc) is 3.13. The molecule has 30 heavy (non-hydrogen) atoms. The molecule has 158 valence electrons. The molecule has 1 amide bonds. The molecule has 0 radical (unpaired) electrons. The van der Waals surface area contributed by atoms with Crippen LogP contribution < -0.4 is 4.90 Å². The summed E-state index contributed by atoms with van der Waals surface area (Å²) in [5.41, 5.74) is 3.41. The predicted octanol–water partition coefficient (Wildman–Crippen LogP) is 4.68. The Morgan fingerprint density at radius 2 is 2.03 bits per heavy atom. The van der Waals surface area contributed by atoms with Crippen LogP contribution in [0.25, 0.3) is 10.2 Å². The van der Waals surface area contributed by atoms with Gasteiger partial charge in [0.05, 0.1) is 34.0 Å². The third-order valence-electron chi connectivity index (χ3n) is 5.19. The van der Waals surface area contributed by atoms with Crippen molar-refractivity contribution in [3.05, 3.63) is 57.9 Å². The largest absolute Gasteiger partial charge is 0.379 e. The zero-order chi connectivity index (χ0) is 21.3. The Morgan fingerprint density at radius 1 is 1.27 bits per heavy atom. The summed E-state index contributed by atoms with van der Waals surface area (Å²) < 4.78 is 20.0. The first-order chi connectivity index (χ1) is 14.4. The molecular weight excluding hydrogens is 425 g/mol. The van der Waals surface area contributed by atoms with Crippen molar-refractivity contribution >= 4 is 44.2 Å². The van der Waals surface area contributed by atoms with Crippen LogP contribution in [0.5, 0.6) is 0 Å². The number of hydrogen-bond donors (Lipinski definition) is 0. The molecule has 0 aliphatic carbocycles. The summed E-state index contributed by atoms with van der Waals surface area (Å²) in [5, 5.41) is 0.724. The van der Waals surface area contributed by atoms with Crippen LogP contribution in [-0.4, -0.2) is 55.2 Å². The number of ether oxygens (including phenoxy) is 1. The van der Waals surface area contributed by atoms with Gasteiger partial charge in [-0.3, -0.25) is 14.6 Å². The van der Waals surface area contributed by atoms with Gasteiger partial charge in [-0.25, -0.2) is 9.37 Å². The molecule has 2 aromatic carbocycles. The maximum absolute atomic E-state index is 13.5. The van der Waals surface area contributed by atoms with Crippen molar-refractivity contribution in [2.24, 2.45) is 0 Å². The smallest absolute Gasteiger partial charge is 0.261 e. The zero-order valence-corrected chi connectivity index (χ0v) is 18.5. The van der Waals surface area contributed by atoms with E-state index in [9.17, 15) is 9.18 Å². The van der Waals surface area contributed by atoms with Gasteiger partial charge in [0.1, 0.15) is 5.82 Å². The first kappa shape index (κ1) is 21.2. The summed E-state index contributed by atoms with van der Waals surface area (Å²) in [4.78, 5) is 22.1. The van der Waals surface area contributed by atoms with Gasteiger partial charge in [0, 0.05) is 26.2 Å². The molecule has 0 spiro atoms. The predicted molar refractivity (Wildman–Crippen MR) is 119 cm³/mol. The number of carbonyl (C=O) groups excluding carboxylic acids is 1. The summed E-state index contributed by atoms with van der Waals surface area (Å²) in [6, 6.07) is 8.00. The van der Waals surface area contributed by atoms with Crippen LogP contribution in [0.1, 0.15) is 21.5 Å². The van der Waals surface area contributed by atoms with Crippen molar-refractivity contribution in [1.29, 1.82) is 0 Å². The lowest BCUT2D eigenvalue weighted by Crippen LogP contribution is -2.43. The summed E-state index contributed by atoms with van der Waals surface area (Å²) in [6.07, 6.45) is 0. The Bertz CT molecular complexity index is 1080. The summed E-state index contributed by atoms with van der Waals surface area (Å²) in [7, 11) is 0. The average molecular weight is 448 g/mol. The fourth-order valence-corrected chi connectivity index (χ4v) is 4.93. The number of rotatable bonds is 5. The molecule has 0 unspecified atom stereocenters. The molecule has 5 nitrogen and oxygen atoms in total. The summed E-state index contributed by atoms with van der Waals surface area (Å²) in [5.74, 6) is -0.746. The van der Waals surface area contributed by atoms with Crippen molar-refractivity contribution < 1.29 is 13.9 Å². The van der Waals surface area contributed by atoms with Crippen LogP contribution in [0.4, 0.5) is 9.52 Å². The maximum atomic E-state index is 13.5. The van der Waals surface area contributed by atoms with Gasteiger partial charge in [0.25, 0.3) is 5.91 Å². The number of amides is 1. The second-order valence-corrected chi connectivity index (χ2v) is 8.85. The number of halogens is 2. The Kier molecular flexibility index (Phi) is 6.34. The number of thiazole rings is 1. The van der Waals surface area contributed by atoms with E-state index in [-0.39, 0.29) is 16.5 Å². The maximum Gasteiger partial charge on any atom is 0.261 e. The van der Waals surface area contributed by atoms with Gasteiger partial charge in [0.15, 0.2) is 5.13 Å². The van der Waals surface area contributed by atoms with E-state index < -0.39 is 5.82 Å². The van der Waals surface area contributed by atoms with Gasteiger partial charge in [-0.2, -0.15) is 0 Å². The highest BCUT2D eigenvalue weighted by atomic mass is 35.5. The van der Waals surface area contributed by atoms with E-state index in [1.54, 1.807) is 4.90 Å². The third kappa shape index (κ3) is 4.49. The van der Waals surface area contributed by atoms with Crippen molar-refractivity contribution in [3.8, 4) is 0 Å². The van der Waals surface area contributed by atoms with Gasteiger partial charge in [0.2, 0.25) is 0 Å². The molecule has 1 aromatic heterocycles. The lowest BCUT2D eigenvalue weighted by Gasteiger charge is -2.29. The molecule has 0 N–H and O–H groups in total. The van der Waals surface area contributed by atoms with E-state index in [4.69, 9.17) is 21.3 Å². The monoisotopic (exact) mass is 447 g/mol. The highest BCUT2D eigenvalue weighted by Crippen LogP contribution is 2.33. The fourth-order valence-electron chi connectivity index (χ4n) is 3.64. The van der Waals surface area contributed by atoms with Crippen LogP contribution >= 0.6 is 22.9 Å². The second kappa shape index (κ2) is 8.98. The van der Waals surface area contributed by atoms with Gasteiger partial charge in [-0.15, -0.1) is 0 Å². The number of aromatic nitrogens is 1. The summed E-state index contributed by atoms with van der Waals surface area (Å²) in [6.45, 7) is 8.29. The van der Waals surface area contributed by atoms with Crippen LogP contribution in [-0.2, 0) is 4.74 Å². The van der Waals surface area contributed by atoms with E-state index in [1.165, 1.54) is 29.5 Å². The fraction of sp³-hybridized carbons (Fsp3) is 0.364. The number of morpholine rings is 1. The molecule has 0 bridgehead atoms. The van der Waals surface area contributed by atoms with E-state index >= 15 is 0 Å². The highest BCUT2D eigenvalue weighted by molar-refractivity contribution is 7.22. The van der Waals surface area contributed by atoms with E-state index in [2.05, 4.69) is 11.0 Å². The van der Waals surface area contributed by atoms with Crippen molar-refractivity contribution in [3.63, 3.8) is 0 Å². The highest BCUT2D eigenvalue weighted by Gasteiger charge is 2.25. The zero-order valence-electron chi connectivity index (χ0n) is 17.0. The van der Waals surface area contributed by atoms with Crippen LogP contribution in [0.2, 0.25) is 5.02 Å². The quantitative estimate of drug-likeness (QED) is 0.569. The molecule has 1 saturated heterocycles. The minimum atomic E-state index is -0.470. The van der Waals surface area contributed by atoms with Crippen LogP contribution in [0, 0.1) is 19.7 Å². The van der Waals surface area contributed by atoms with Crippen LogP contribution in [0.3, 0.4) is 0 Å². The standard InChI is InChI=1S/C22H23ClFN3O2S/c1-14-11-15(2)20-19(12-14)25-22(30-20)27(6-5-26-7-9-29-10-8-26)21(28)17-4-3-16(24)13-18(17)23/h3-4,11-13H,5-10H2,1-2H3. The molecule has 3 aromatic rings. The van der Waals surface area contributed by atoms with E-state index in [0.717, 1.165) is 34.4 Å². The SMILES string of the molecule is Cc1cc(C)c2sc(N(CCN3CCOCC3)C(=O)c3ccc(F)cc3Cl)nc2c1. The number of anilines is 1. The molecule has 4 rings (SSSR count). The first-order valence-corrected chi connectivity index (χ1v) is 11.1. The van der Waals surface area contributed by atoms with Crippen LogP contribution in [0.15, 0.2) is 30.3 Å². The molecule has 2 heterocycles. The topological polar surface area (TPSA) is 45.7 Å². The van der Waals surface area contributed by atoms with Gasteiger partial charge in [-0.05, 0) is 49.2 Å². The third-order valence-corrected chi connectivity index (χ3v) is 6.73. The van der Waals surface area contributed by atoms with Gasteiger partial charge < -0.3 is 4.74 Å². The minimum Gasteiger partial charge on any atom is -0.379 e. The lowest BCUT2D eigenvalue weighted by molar-refractivity contribution is 0.0391. The van der Waals surface area contributed by atoms with Crippen molar-refractivity contribution in [2.75, 3.05) is 44.3 Å². The molecule has 0 saturated carbocycles. The molecule has 1 aliphatic heterocycles. The number of benzene rings is 2. The number of nitrogens with zero attached hydrogens (tertiary/aromatic N) is 3. The van der Waals surface area contributed by atoms with Crippen molar-refractivity contribution in [1.82, 2.24) is 9.88 Å². The lowest BCUT2D eigenvalue weighted by atomic mass is 10.1. The van der Waals surface area contributed by atoms with E-state index in [0.29, 0.717) is 31.4 Å². The molecular formula is C22H23ClFN3O2S. The van der Waals surface area contributed by atoms with Crippen molar-refractivity contribution in [2.45, 2.75) is 13.8 Å². The van der Waals surface area contributed by atoms with Gasteiger partial charge >= 0.3 is 0 Å². The molecule has 8 heteroatoms. The number of fused-ring (bicyclic) bond motifs is 1. The Hall–Kier alpha value is -2.06. The van der Waals surface area contributed by atoms with Gasteiger partial charge in [-0.1, -0.05) is 29.0 Å². The number of hydrogen-bond acceptors (Lipinski definition) is 5. The normalized spacial score (nSPS) is 14.9. The van der Waals surface area contributed by atoms with E-state index in [1.807, 2.05) is 19.9 Å². The Morgan fingerprint density at radius 3 is 2.77 bits per heavy atom. The minimum absolute atomic E-state index is 0.101. The number of carbonyl (C=O) groups is 1. The number of aryl methyl sites for hydroxylation is 2. The Balaban J connectivity index is 1.69. The first-order valence-electron chi connectivity index (χ1n) is 9.87. The molecule has 1 fully saturated rings. The molecule has 1 aliphatic rings. The molecule has 0 atom stereocenters. The summed E-state index contributed by atoms with van der Waals surface area (Å²) >= 11 is 7.69.